The summed E-state index contributed by atoms with van der Waals surface area (Å²) in [6.45, 7) is 2.07. The molecule has 2 atom stereocenters. The predicted octanol–water partition coefficient (Wildman–Crippen LogP) is 3.61. The van der Waals surface area contributed by atoms with Crippen LogP contribution >= 0.6 is 23.2 Å². The molecule has 1 aromatic rings. The molecule has 0 radical (unpaired) electrons. The molecule has 0 heterocycles. The lowest BCUT2D eigenvalue weighted by Crippen LogP contribution is -2.09. The van der Waals surface area contributed by atoms with E-state index in [1.807, 2.05) is 0 Å². The summed E-state index contributed by atoms with van der Waals surface area (Å²) in [6.07, 6.45) is 1.77. The van der Waals surface area contributed by atoms with Crippen LogP contribution in [-0.4, -0.2) is 5.11 Å². The summed E-state index contributed by atoms with van der Waals surface area (Å²) in [5, 5.41) is 11.5. The van der Waals surface area contributed by atoms with Crippen LogP contribution in [0.5, 0.6) is 0 Å². The van der Waals surface area contributed by atoms with Gasteiger partial charge in [-0.05, 0) is 30.5 Å². The summed E-state index contributed by atoms with van der Waals surface area (Å²) in [5.41, 5.74) is 0.0509. The number of rotatable bonds is 2. The minimum absolute atomic E-state index is 0.332. The first-order chi connectivity index (χ1) is 6.58. The Morgan fingerprint density at radius 1 is 1.50 bits per heavy atom. The van der Waals surface area contributed by atoms with Crippen LogP contribution in [0.1, 0.15) is 25.3 Å². The van der Waals surface area contributed by atoms with Gasteiger partial charge in [0.05, 0.1) is 5.60 Å². The Morgan fingerprint density at radius 2 is 2.21 bits per heavy atom. The first-order valence-corrected chi connectivity index (χ1v) is 5.51. The molecule has 76 valence electrons. The van der Waals surface area contributed by atoms with Crippen LogP contribution < -0.4 is 0 Å². The van der Waals surface area contributed by atoms with Crippen molar-refractivity contribution in [2.45, 2.75) is 25.4 Å². The minimum Gasteiger partial charge on any atom is -0.385 e. The number of hydrogen-bond donors (Lipinski definition) is 1. The fraction of sp³-hybridized carbons (Fsp3) is 0.455. The van der Waals surface area contributed by atoms with Gasteiger partial charge in [-0.15, -0.1) is 0 Å². The Labute approximate surface area is 93.7 Å². The second-order valence-corrected chi connectivity index (χ2v) is 4.70. The third-order valence-electron chi connectivity index (χ3n) is 2.96. The molecule has 0 amide bonds. The van der Waals surface area contributed by atoms with Gasteiger partial charge in [0.25, 0.3) is 0 Å². The molecule has 1 N–H and O–H groups in total. The monoisotopic (exact) mass is 230 g/mol. The van der Waals surface area contributed by atoms with E-state index in [1.54, 1.807) is 18.2 Å². The first kappa shape index (κ1) is 10.3. The third-order valence-corrected chi connectivity index (χ3v) is 3.53. The van der Waals surface area contributed by atoms with Gasteiger partial charge in [0.15, 0.2) is 0 Å². The van der Waals surface area contributed by atoms with E-state index < -0.39 is 5.60 Å². The van der Waals surface area contributed by atoms with Crippen LogP contribution in [0.25, 0.3) is 0 Å². The summed E-state index contributed by atoms with van der Waals surface area (Å²) in [6, 6.07) is 5.24. The van der Waals surface area contributed by atoms with Crippen molar-refractivity contribution in [1.29, 1.82) is 0 Å². The molecule has 0 saturated heterocycles. The highest BCUT2D eigenvalue weighted by Crippen LogP contribution is 2.55. The Morgan fingerprint density at radius 3 is 2.79 bits per heavy atom. The Bertz CT molecular complexity index is 364. The third kappa shape index (κ3) is 1.54. The Kier molecular flexibility index (Phi) is 2.50. The zero-order valence-corrected chi connectivity index (χ0v) is 9.44. The maximum Gasteiger partial charge on any atom is 0.0944 e. The van der Waals surface area contributed by atoms with E-state index in [9.17, 15) is 5.11 Å². The molecule has 2 unspecified atom stereocenters. The number of aliphatic hydroxyl groups is 1. The highest BCUT2D eigenvalue weighted by atomic mass is 35.5. The van der Waals surface area contributed by atoms with Gasteiger partial charge in [-0.3, -0.25) is 0 Å². The van der Waals surface area contributed by atoms with Gasteiger partial charge < -0.3 is 5.11 Å². The van der Waals surface area contributed by atoms with E-state index in [0.717, 1.165) is 18.4 Å². The molecule has 1 aliphatic carbocycles. The van der Waals surface area contributed by atoms with Crippen LogP contribution in [0.4, 0.5) is 0 Å². The van der Waals surface area contributed by atoms with E-state index in [4.69, 9.17) is 23.2 Å². The number of hydrogen-bond acceptors (Lipinski definition) is 1. The molecule has 0 aromatic heterocycles. The van der Waals surface area contributed by atoms with E-state index >= 15 is 0 Å². The molecule has 1 aromatic carbocycles. The van der Waals surface area contributed by atoms with Crippen molar-refractivity contribution in [2.24, 2.45) is 5.92 Å². The van der Waals surface area contributed by atoms with Gasteiger partial charge in [-0.25, -0.2) is 0 Å². The van der Waals surface area contributed by atoms with Crippen molar-refractivity contribution in [1.82, 2.24) is 0 Å². The fourth-order valence-corrected chi connectivity index (χ4v) is 2.41. The minimum atomic E-state index is -0.725. The number of halogens is 2. The van der Waals surface area contributed by atoms with Gasteiger partial charge >= 0.3 is 0 Å². The Balaban J connectivity index is 2.38. The molecule has 3 heteroatoms. The van der Waals surface area contributed by atoms with Crippen molar-refractivity contribution >= 4 is 23.2 Å². The lowest BCUT2D eigenvalue weighted by atomic mass is 10.0. The smallest absolute Gasteiger partial charge is 0.0944 e. The lowest BCUT2D eigenvalue weighted by molar-refractivity contribution is 0.130. The van der Waals surface area contributed by atoms with Crippen LogP contribution in [-0.2, 0) is 5.60 Å². The van der Waals surface area contributed by atoms with Crippen molar-refractivity contribution in [3.63, 3.8) is 0 Å². The highest BCUT2D eigenvalue weighted by molar-refractivity contribution is 6.33. The number of benzene rings is 1. The van der Waals surface area contributed by atoms with Gasteiger partial charge in [-0.1, -0.05) is 36.5 Å². The summed E-state index contributed by atoms with van der Waals surface area (Å²) in [4.78, 5) is 0. The van der Waals surface area contributed by atoms with E-state index in [-0.39, 0.29) is 0 Å². The Hall–Kier alpha value is -0.240. The average Bonchev–Trinajstić information content (AvgIpc) is 2.83. The zero-order valence-electron chi connectivity index (χ0n) is 7.93. The molecule has 0 spiro atoms. The quantitative estimate of drug-likeness (QED) is 0.824. The van der Waals surface area contributed by atoms with E-state index in [2.05, 4.69) is 6.92 Å². The van der Waals surface area contributed by atoms with Gasteiger partial charge in [0, 0.05) is 15.6 Å². The maximum atomic E-state index is 10.2. The molecule has 0 aliphatic heterocycles. The average molecular weight is 231 g/mol. The van der Waals surface area contributed by atoms with E-state index in [0.29, 0.717) is 16.0 Å². The summed E-state index contributed by atoms with van der Waals surface area (Å²) in [5.74, 6) is 0.332. The molecular weight excluding hydrogens is 219 g/mol. The van der Waals surface area contributed by atoms with Crippen LogP contribution in [0.15, 0.2) is 18.2 Å². The topological polar surface area (TPSA) is 20.2 Å². The molecule has 1 fully saturated rings. The molecule has 14 heavy (non-hydrogen) atoms. The second-order valence-electron chi connectivity index (χ2n) is 3.86. The molecule has 1 saturated carbocycles. The van der Waals surface area contributed by atoms with Gasteiger partial charge in [0.1, 0.15) is 0 Å². The standard InChI is InChI=1S/C11H12Cl2O/c1-2-7-6-11(7,14)9-5-8(12)3-4-10(9)13/h3-5,7,14H,2,6H2,1H3. The predicted molar refractivity (Wildman–Crippen MR) is 58.8 cm³/mol. The largest absolute Gasteiger partial charge is 0.385 e. The lowest BCUT2D eigenvalue weighted by Gasteiger charge is -2.12. The molecule has 1 aliphatic rings. The van der Waals surface area contributed by atoms with Gasteiger partial charge in [-0.2, -0.15) is 0 Å². The molecular formula is C11H12Cl2O. The van der Waals surface area contributed by atoms with Crippen molar-refractivity contribution < 1.29 is 5.11 Å². The summed E-state index contributed by atoms with van der Waals surface area (Å²) < 4.78 is 0. The molecule has 2 rings (SSSR count). The highest BCUT2D eigenvalue weighted by Gasteiger charge is 2.53. The molecule has 1 nitrogen and oxygen atoms in total. The van der Waals surface area contributed by atoms with E-state index in [1.165, 1.54) is 0 Å². The van der Waals surface area contributed by atoms with Crippen molar-refractivity contribution in [3.8, 4) is 0 Å². The van der Waals surface area contributed by atoms with Gasteiger partial charge in [0.2, 0.25) is 0 Å². The van der Waals surface area contributed by atoms with Crippen LogP contribution in [0, 0.1) is 5.92 Å². The second kappa shape index (κ2) is 3.41. The summed E-state index contributed by atoms with van der Waals surface area (Å²) in [7, 11) is 0. The van der Waals surface area contributed by atoms with Crippen molar-refractivity contribution in [3.05, 3.63) is 33.8 Å². The normalized spacial score (nSPS) is 30.4. The van der Waals surface area contributed by atoms with Crippen LogP contribution in [0.2, 0.25) is 10.0 Å². The SMILES string of the molecule is CCC1CC1(O)c1cc(Cl)ccc1Cl. The summed E-state index contributed by atoms with van der Waals surface area (Å²) >= 11 is 11.9. The van der Waals surface area contributed by atoms with Crippen LogP contribution in [0.3, 0.4) is 0 Å². The zero-order chi connectivity index (χ0) is 10.3. The first-order valence-electron chi connectivity index (χ1n) is 4.76. The maximum absolute atomic E-state index is 10.2. The molecule has 0 bridgehead atoms. The van der Waals surface area contributed by atoms with Crippen molar-refractivity contribution in [2.75, 3.05) is 0 Å². The fourth-order valence-electron chi connectivity index (χ4n) is 1.96.